The fourth-order valence-electron chi connectivity index (χ4n) is 6.12. The topological polar surface area (TPSA) is 20.2 Å². The molecule has 24 heavy (non-hydrogen) atoms. The molecule has 0 aliphatic heterocycles. The fraction of sp³-hybridized carbons (Fsp3) is 0.636. The van der Waals surface area contributed by atoms with E-state index in [1.54, 1.807) is 11.1 Å². The summed E-state index contributed by atoms with van der Waals surface area (Å²) in [6.45, 7) is 4.70. The van der Waals surface area contributed by atoms with E-state index in [1.165, 1.54) is 37.7 Å². The van der Waals surface area contributed by atoms with E-state index in [0.717, 1.165) is 36.2 Å². The molecular formula is C22H30OS. The van der Waals surface area contributed by atoms with Crippen LogP contribution in [0.1, 0.15) is 68.6 Å². The van der Waals surface area contributed by atoms with E-state index in [2.05, 4.69) is 37.6 Å². The first-order valence-corrected chi connectivity index (χ1v) is 10.9. The third-order valence-corrected chi connectivity index (χ3v) is 7.93. The first kappa shape index (κ1) is 16.6. The number of fused-ring (bicyclic) bond motifs is 5. The number of aromatic hydroxyl groups is 1. The number of phenolic OH excluding ortho intramolecular Hbond substituents is 1. The van der Waals surface area contributed by atoms with Crippen molar-refractivity contribution in [3.8, 4) is 5.75 Å². The van der Waals surface area contributed by atoms with Gasteiger partial charge >= 0.3 is 0 Å². The monoisotopic (exact) mass is 342 g/mol. The summed E-state index contributed by atoms with van der Waals surface area (Å²) in [6.07, 6.45) is 11.0. The lowest BCUT2D eigenvalue weighted by Crippen LogP contribution is -2.40. The molecule has 4 unspecified atom stereocenters. The molecule has 0 bridgehead atoms. The van der Waals surface area contributed by atoms with Crippen LogP contribution in [0, 0.1) is 17.3 Å². The number of thioether (sulfide) groups is 1. The molecule has 1 nitrogen and oxygen atoms in total. The van der Waals surface area contributed by atoms with Gasteiger partial charge in [0, 0.05) is 0 Å². The minimum Gasteiger partial charge on any atom is -0.508 e. The van der Waals surface area contributed by atoms with Gasteiger partial charge in [-0.1, -0.05) is 25.5 Å². The first-order chi connectivity index (χ1) is 11.6. The van der Waals surface area contributed by atoms with Crippen LogP contribution in [-0.4, -0.2) is 11.4 Å². The van der Waals surface area contributed by atoms with Crippen LogP contribution in [0.15, 0.2) is 23.1 Å². The number of phenols is 1. The van der Waals surface area contributed by atoms with E-state index < -0.39 is 0 Å². The maximum absolute atomic E-state index is 10.2. The predicted octanol–water partition coefficient (Wildman–Crippen LogP) is 6.06. The highest BCUT2D eigenvalue weighted by atomic mass is 32.2. The molecule has 2 saturated carbocycles. The highest BCUT2D eigenvalue weighted by molar-refractivity contribution is 8.01. The van der Waals surface area contributed by atoms with Crippen molar-refractivity contribution < 1.29 is 5.11 Å². The van der Waals surface area contributed by atoms with Crippen molar-refractivity contribution in [1.82, 2.24) is 0 Å². The van der Waals surface area contributed by atoms with E-state index in [9.17, 15) is 5.11 Å². The van der Waals surface area contributed by atoms with Crippen LogP contribution in [0.4, 0.5) is 0 Å². The van der Waals surface area contributed by atoms with Crippen molar-refractivity contribution in [1.29, 1.82) is 0 Å². The Balaban J connectivity index is 1.70. The molecule has 3 aliphatic rings. The Hall–Kier alpha value is -0.890. The van der Waals surface area contributed by atoms with Gasteiger partial charge in [-0.2, -0.15) is 0 Å². The molecule has 1 N–H and O–H groups in total. The lowest BCUT2D eigenvalue weighted by atomic mass is 9.55. The lowest BCUT2D eigenvalue weighted by molar-refractivity contribution is 0.0815. The number of aryl methyl sites for hydroxylation is 2. The SMILES string of the molecule is CCc1cc2c(cc1O)CCC1C2CCC2(C)/C(=C\SC)CCC12. The number of hydrogen-bond donors (Lipinski definition) is 1. The molecule has 4 atom stereocenters. The fourth-order valence-corrected chi connectivity index (χ4v) is 6.79. The molecule has 2 fully saturated rings. The summed E-state index contributed by atoms with van der Waals surface area (Å²) in [5.41, 5.74) is 6.31. The Morgan fingerprint density at radius 3 is 2.83 bits per heavy atom. The zero-order valence-electron chi connectivity index (χ0n) is 15.3. The summed E-state index contributed by atoms with van der Waals surface area (Å²) in [5.74, 6) is 2.95. The van der Waals surface area contributed by atoms with Gasteiger partial charge in [0.25, 0.3) is 0 Å². The van der Waals surface area contributed by atoms with Gasteiger partial charge in [-0.3, -0.25) is 0 Å². The van der Waals surface area contributed by atoms with Crippen LogP contribution >= 0.6 is 11.8 Å². The number of hydrogen-bond acceptors (Lipinski definition) is 2. The zero-order valence-corrected chi connectivity index (χ0v) is 16.1. The van der Waals surface area contributed by atoms with Gasteiger partial charge < -0.3 is 5.11 Å². The van der Waals surface area contributed by atoms with Crippen LogP contribution in [0.5, 0.6) is 5.75 Å². The van der Waals surface area contributed by atoms with Gasteiger partial charge in [-0.25, -0.2) is 0 Å². The largest absolute Gasteiger partial charge is 0.508 e. The second-order valence-electron chi connectivity index (χ2n) is 8.32. The van der Waals surface area contributed by atoms with Crippen molar-refractivity contribution in [3.05, 3.63) is 39.8 Å². The van der Waals surface area contributed by atoms with Crippen LogP contribution in [0.3, 0.4) is 0 Å². The van der Waals surface area contributed by atoms with Gasteiger partial charge in [0.1, 0.15) is 5.75 Å². The number of rotatable bonds is 2. The molecular weight excluding hydrogens is 312 g/mol. The highest BCUT2D eigenvalue weighted by Crippen LogP contribution is 2.63. The number of benzene rings is 1. The van der Waals surface area contributed by atoms with Gasteiger partial charge in [0.05, 0.1) is 0 Å². The molecule has 4 rings (SSSR count). The van der Waals surface area contributed by atoms with Gasteiger partial charge in [0.2, 0.25) is 0 Å². The van der Waals surface area contributed by atoms with Crippen molar-refractivity contribution in [2.45, 2.75) is 64.7 Å². The minimum atomic E-state index is 0.451. The summed E-state index contributed by atoms with van der Waals surface area (Å²) in [4.78, 5) is 0. The minimum absolute atomic E-state index is 0.451. The summed E-state index contributed by atoms with van der Waals surface area (Å²) in [5, 5.41) is 12.7. The normalized spacial score (nSPS) is 36.3. The van der Waals surface area contributed by atoms with E-state index in [-0.39, 0.29) is 0 Å². The second-order valence-corrected chi connectivity index (χ2v) is 9.03. The van der Waals surface area contributed by atoms with Crippen LogP contribution in [0.2, 0.25) is 0 Å². The van der Waals surface area contributed by atoms with E-state index in [0.29, 0.717) is 11.2 Å². The summed E-state index contributed by atoms with van der Waals surface area (Å²) >= 11 is 1.89. The molecule has 3 aliphatic carbocycles. The van der Waals surface area contributed by atoms with Crippen molar-refractivity contribution in [2.24, 2.45) is 17.3 Å². The smallest absolute Gasteiger partial charge is 0.119 e. The molecule has 0 amide bonds. The molecule has 1 aromatic carbocycles. The first-order valence-electron chi connectivity index (χ1n) is 9.65. The van der Waals surface area contributed by atoms with Crippen molar-refractivity contribution in [3.63, 3.8) is 0 Å². The third kappa shape index (κ3) is 2.36. The molecule has 0 spiro atoms. The average Bonchev–Trinajstić information content (AvgIpc) is 2.91. The zero-order chi connectivity index (χ0) is 16.9. The molecule has 2 heteroatoms. The lowest BCUT2D eigenvalue weighted by Gasteiger charge is -2.49. The van der Waals surface area contributed by atoms with Crippen LogP contribution < -0.4 is 0 Å². The van der Waals surface area contributed by atoms with Crippen LogP contribution in [-0.2, 0) is 12.8 Å². The van der Waals surface area contributed by atoms with Crippen molar-refractivity contribution >= 4 is 11.8 Å². The average molecular weight is 343 g/mol. The van der Waals surface area contributed by atoms with E-state index in [4.69, 9.17) is 0 Å². The van der Waals surface area contributed by atoms with Crippen molar-refractivity contribution in [2.75, 3.05) is 6.26 Å². The third-order valence-electron chi connectivity index (χ3n) is 7.41. The Labute approximate surface area is 150 Å². The standard InChI is InChI=1S/C22H30OS/c1-4-14-11-19-15(12-21(14)23)5-7-18-17(19)9-10-22(2)16(13-24-3)6-8-20(18)22/h11-13,17-18,20,23H,4-10H2,1-3H3/b16-13-. The Morgan fingerprint density at radius 1 is 1.25 bits per heavy atom. The molecule has 130 valence electrons. The van der Waals surface area contributed by atoms with Crippen LogP contribution in [0.25, 0.3) is 0 Å². The van der Waals surface area contributed by atoms with Gasteiger partial charge in [0.15, 0.2) is 0 Å². The van der Waals surface area contributed by atoms with E-state index >= 15 is 0 Å². The highest BCUT2D eigenvalue weighted by Gasteiger charge is 2.52. The number of allylic oxidation sites excluding steroid dienone is 1. The molecule has 1 aromatic rings. The molecule has 0 heterocycles. The molecule has 0 saturated heterocycles. The Bertz CT molecular complexity index is 677. The molecule has 0 radical (unpaired) electrons. The summed E-state index contributed by atoms with van der Waals surface area (Å²) in [7, 11) is 0. The quantitative estimate of drug-likeness (QED) is 0.705. The summed E-state index contributed by atoms with van der Waals surface area (Å²) < 4.78 is 0. The van der Waals surface area contributed by atoms with E-state index in [1.807, 2.05) is 11.8 Å². The predicted molar refractivity (Wildman–Crippen MR) is 104 cm³/mol. The second kappa shape index (κ2) is 6.12. The molecule has 0 aromatic heterocycles. The van der Waals surface area contributed by atoms with Gasteiger partial charge in [-0.05, 0) is 103 Å². The van der Waals surface area contributed by atoms with Gasteiger partial charge in [-0.15, -0.1) is 11.8 Å². The maximum atomic E-state index is 10.2. The Morgan fingerprint density at radius 2 is 2.08 bits per heavy atom. The maximum Gasteiger partial charge on any atom is 0.119 e. The Kier molecular flexibility index (Phi) is 4.23. The summed E-state index contributed by atoms with van der Waals surface area (Å²) in [6, 6.07) is 4.42.